The molecular formula is C14H29N3O2. The maximum Gasteiger partial charge on any atom is 0.0829 e. The molecule has 0 aromatic carbocycles. The van der Waals surface area contributed by atoms with Gasteiger partial charge < -0.3 is 15.2 Å². The van der Waals surface area contributed by atoms with Crippen LogP contribution < -0.4 is 5.73 Å². The molecule has 0 radical (unpaired) electrons. The van der Waals surface area contributed by atoms with Gasteiger partial charge in [-0.05, 0) is 20.8 Å². The lowest BCUT2D eigenvalue weighted by Gasteiger charge is -2.41. The first-order valence-corrected chi connectivity index (χ1v) is 7.52. The second-order valence-electron chi connectivity index (χ2n) is 6.10. The maximum absolute atomic E-state index is 5.91. The molecule has 19 heavy (non-hydrogen) atoms. The van der Waals surface area contributed by atoms with Gasteiger partial charge in [0.2, 0.25) is 0 Å². The van der Waals surface area contributed by atoms with Gasteiger partial charge in [0.05, 0.1) is 24.9 Å². The van der Waals surface area contributed by atoms with Crippen LogP contribution in [0.5, 0.6) is 0 Å². The van der Waals surface area contributed by atoms with Gasteiger partial charge in [0.25, 0.3) is 0 Å². The Morgan fingerprint density at radius 3 is 2.68 bits per heavy atom. The molecule has 2 fully saturated rings. The molecule has 0 aliphatic carbocycles. The fraction of sp³-hybridized carbons (Fsp3) is 1.00. The summed E-state index contributed by atoms with van der Waals surface area (Å²) in [5, 5.41) is 0. The van der Waals surface area contributed by atoms with Gasteiger partial charge in [-0.25, -0.2) is 0 Å². The molecule has 2 aliphatic heterocycles. The monoisotopic (exact) mass is 271 g/mol. The summed E-state index contributed by atoms with van der Waals surface area (Å²) in [6.07, 6.45) is 0.764. The maximum atomic E-state index is 5.91. The van der Waals surface area contributed by atoms with Crippen molar-refractivity contribution in [2.45, 2.75) is 45.1 Å². The highest BCUT2D eigenvalue weighted by atomic mass is 16.5. The summed E-state index contributed by atoms with van der Waals surface area (Å²) >= 11 is 0. The van der Waals surface area contributed by atoms with Crippen molar-refractivity contribution in [2.75, 3.05) is 45.9 Å². The Bertz CT molecular complexity index is 275. The van der Waals surface area contributed by atoms with E-state index in [2.05, 4.69) is 30.6 Å². The average molecular weight is 271 g/mol. The molecule has 5 nitrogen and oxygen atoms in total. The lowest BCUT2D eigenvalue weighted by Crippen LogP contribution is -2.55. The van der Waals surface area contributed by atoms with Crippen LogP contribution in [0.15, 0.2) is 0 Å². The van der Waals surface area contributed by atoms with E-state index in [9.17, 15) is 0 Å². The molecule has 0 aromatic rings. The van der Waals surface area contributed by atoms with Crippen LogP contribution in [0.1, 0.15) is 20.8 Å². The highest BCUT2D eigenvalue weighted by Gasteiger charge is 2.29. The highest BCUT2D eigenvalue weighted by Crippen LogP contribution is 2.14. The molecule has 0 bridgehead atoms. The molecule has 3 atom stereocenters. The molecule has 0 aromatic heterocycles. The molecule has 5 heteroatoms. The first kappa shape index (κ1) is 15.2. The molecule has 0 saturated carbocycles. The van der Waals surface area contributed by atoms with E-state index in [1.54, 1.807) is 0 Å². The molecule has 2 rings (SSSR count). The van der Waals surface area contributed by atoms with Gasteiger partial charge in [-0.3, -0.25) is 9.80 Å². The van der Waals surface area contributed by atoms with Crippen LogP contribution in [0.4, 0.5) is 0 Å². The fourth-order valence-corrected chi connectivity index (χ4v) is 3.03. The topological polar surface area (TPSA) is 51.0 Å². The zero-order valence-electron chi connectivity index (χ0n) is 12.5. The fourth-order valence-electron chi connectivity index (χ4n) is 3.03. The summed E-state index contributed by atoms with van der Waals surface area (Å²) in [7, 11) is 0. The Balaban J connectivity index is 1.82. The molecule has 2 aliphatic rings. The molecule has 0 spiro atoms. The van der Waals surface area contributed by atoms with Crippen molar-refractivity contribution < 1.29 is 9.47 Å². The van der Waals surface area contributed by atoms with E-state index < -0.39 is 0 Å². The number of rotatable bonds is 4. The Labute approximate surface area is 117 Å². The van der Waals surface area contributed by atoms with Crippen molar-refractivity contribution in [1.29, 1.82) is 0 Å². The second kappa shape index (κ2) is 6.99. The van der Waals surface area contributed by atoms with Crippen LogP contribution >= 0.6 is 0 Å². The highest BCUT2D eigenvalue weighted by molar-refractivity contribution is 4.81. The summed E-state index contributed by atoms with van der Waals surface area (Å²) in [5.74, 6) is 0. The zero-order chi connectivity index (χ0) is 13.8. The quantitative estimate of drug-likeness (QED) is 0.788. The largest absolute Gasteiger partial charge is 0.374 e. The van der Waals surface area contributed by atoms with Crippen molar-refractivity contribution in [3.8, 4) is 0 Å². The number of hydrogen-bond acceptors (Lipinski definition) is 5. The third-order valence-electron chi connectivity index (χ3n) is 4.03. The average Bonchev–Trinajstić information content (AvgIpc) is 2.38. The summed E-state index contributed by atoms with van der Waals surface area (Å²) in [6.45, 7) is 13.1. The van der Waals surface area contributed by atoms with Crippen molar-refractivity contribution in [3.63, 3.8) is 0 Å². The van der Waals surface area contributed by atoms with Crippen LogP contribution in [-0.2, 0) is 9.47 Å². The van der Waals surface area contributed by atoms with Crippen molar-refractivity contribution in [1.82, 2.24) is 9.80 Å². The third-order valence-corrected chi connectivity index (χ3v) is 4.03. The van der Waals surface area contributed by atoms with Crippen LogP contribution in [0.2, 0.25) is 0 Å². The SMILES string of the molecule is CC1CN(CC2CN(C(C)C)CCO2)CC(CN)O1. The molecule has 2 heterocycles. The number of nitrogens with two attached hydrogens (primary N) is 1. The Morgan fingerprint density at radius 2 is 2.00 bits per heavy atom. The van der Waals surface area contributed by atoms with Crippen molar-refractivity contribution >= 4 is 0 Å². The van der Waals surface area contributed by atoms with Crippen molar-refractivity contribution in [2.24, 2.45) is 5.73 Å². The minimum Gasteiger partial charge on any atom is -0.374 e. The first-order valence-electron chi connectivity index (χ1n) is 7.52. The Kier molecular flexibility index (Phi) is 5.59. The summed E-state index contributed by atoms with van der Waals surface area (Å²) in [6, 6.07) is 0.604. The predicted octanol–water partition coefficient (Wildman–Crippen LogP) is 0.144. The van der Waals surface area contributed by atoms with E-state index in [4.69, 9.17) is 15.2 Å². The minimum absolute atomic E-state index is 0.175. The smallest absolute Gasteiger partial charge is 0.0829 e. The standard InChI is InChI=1S/C14H29N3O2/c1-11(2)17-4-5-18-14(10-17)9-16-7-12(3)19-13(6-15)8-16/h11-14H,4-10,15H2,1-3H3. The Hall–Kier alpha value is -0.200. The van der Waals surface area contributed by atoms with Gasteiger partial charge in [0.1, 0.15) is 0 Å². The van der Waals surface area contributed by atoms with Gasteiger partial charge in [-0.1, -0.05) is 0 Å². The van der Waals surface area contributed by atoms with Gasteiger partial charge in [-0.15, -0.1) is 0 Å². The van der Waals surface area contributed by atoms with Gasteiger partial charge in [0.15, 0.2) is 0 Å². The van der Waals surface area contributed by atoms with E-state index in [1.807, 2.05) is 0 Å². The lowest BCUT2D eigenvalue weighted by molar-refractivity contribution is -0.0999. The third kappa shape index (κ3) is 4.39. The first-order chi connectivity index (χ1) is 9.08. The van der Waals surface area contributed by atoms with Crippen LogP contribution in [0.3, 0.4) is 0 Å². The van der Waals surface area contributed by atoms with Gasteiger partial charge in [-0.2, -0.15) is 0 Å². The summed E-state index contributed by atoms with van der Waals surface area (Å²) in [4.78, 5) is 4.94. The Morgan fingerprint density at radius 1 is 1.21 bits per heavy atom. The number of morpholine rings is 2. The number of ether oxygens (including phenoxy) is 2. The number of nitrogens with zero attached hydrogens (tertiary/aromatic N) is 2. The normalized spacial score (nSPS) is 34.9. The van der Waals surface area contributed by atoms with E-state index in [0.29, 0.717) is 18.7 Å². The predicted molar refractivity (Wildman–Crippen MR) is 76.3 cm³/mol. The second-order valence-corrected chi connectivity index (χ2v) is 6.10. The molecular weight excluding hydrogens is 242 g/mol. The lowest BCUT2D eigenvalue weighted by atomic mass is 10.1. The minimum atomic E-state index is 0.175. The molecule has 3 unspecified atom stereocenters. The van der Waals surface area contributed by atoms with Crippen LogP contribution in [0.25, 0.3) is 0 Å². The summed E-state index contributed by atoms with van der Waals surface area (Å²) in [5.41, 5.74) is 5.73. The van der Waals surface area contributed by atoms with Gasteiger partial charge >= 0.3 is 0 Å². The zero-order valence-corrected chi connectivity index (χ0v) is 12.5. The number of hydrogen-bond donors (Lipinski definition) is 1. The summed E-state index contributed by atoms with van der Waals surface area (Å²) < 4.78 is 11.7. The molecule has 0 amide bonds. The molecule has 2 N–H and O–H groups in total. The molecule has 112 valence electrons. The molecule has 2 saturated heterocycles. The van der Waals surface area contributed by atoms with E-state index in [0.717, 1.165) is 39.3 Å². The van der Waals surface area contributed by atoms with Gasteiger partial charge in [0, 0.05) is 45.3 Å². The van der Waals surface area contributed by atoms with E-state index >= 15 is 0 Å². The van der Waals surface area contributed by atoms with Crippen molar-refractivity contribution in [3.05, 3.63) is 0 Å². The van der Waals surface area contributed by atoms with Crippen LogP contribution in [-0.4, -0.2) is 80.0 Å². The van der Waals surface area contributed by atoms with E-state index in [-0.39, 0.29) is 12.2 Å². The van der Waals surface area contributed by atoms with E-state index in [1.165, 1.54) is 0 Å². The van der Waals surface area contributed by atoms with Crippen LogP contribution in [0, 0.1) is 0 Å².